The molecule has 4 aromatic rings. The third-order valence-corrected chi connectivity index (χ3v) is 6.75. The van der Waals surface area contributed by atoms with Crippen LogP contribution in [0.5, 0.6) is 5.75 Å². The fourth-order valence-electron chi connectivity index (χ4n) is 3.72. The number of allylic oxidation sites excluding steroid dienone is 1. The molecule has 0 atom stereocenters. The Morgan fingerprint density at radius 2 is 1.81 bits per heavy atom. The number of hydrogen-bond acceptors (Lipinski definition) is 4. The molecule has 0 amide bonds. The highest BCUT2D eigenvalue weighted by Gasteiger charge is 2.26. The normalized spacial score (nSPS) is 12.4. The zero-order valence-electron chi connectivity index (χ0n) is 18.4. The Morgan fingerprint density at radius 3 is 2.53 bits per heavy atom. The summed E-state index contributed by atoms with van der Waals surface area (Å²) >= 11 is 0. The van der Waals surface area contributed by atoms with Gasteiger partial charge < -0.3 is 4.74 Å². The van der Waals surface area contributed by atoms with Crippen molar-refractivity contribution in [1.29, 1.82) is 0 Å². The number of hydrogen-bond donors (Lipinski definition) is 0. The Kier molecular flexibility index (Phi) is 6.15. The zero-order valence-corrected chi connectivity index (χ0v) is 19.2. The number of nitrogens with zero attached hydrogens (tertiary/aromatic N) is 2. The van der Waals surface area contributed by atoms with Crippen LogP contribution in [0.25, 0.3) is 16.6 Å². The van der Waals surface area contributed by atoms with Gasteiger partial charge in [0.15, 0.2) is 5.65 Å². The average molecular weight is 447 g/mol. The van der Waals surface area contributed by atoms with E-state index in [-0.39, 0.29) is 10.8 Å². The summed E-state index contributed by atoms with van der Waals surface area (Å²) in [7, 11) is -3.88. The van der Waals surface area contributed by atoms with Crippen LogP contribution in [-0.4, -0.2) is 24.0 Å². The number of benzene rings is 2. The molecule has 0 radical (unpaired) electrons. The third kappa shape index (κ3) is 4.18. The smallest absolute Gasteiger partial charge is 0.269 e. The SMILES string of the molecule is CCOc1cccc(/C(=C\C(C)C)c2cc3cccnc3n2S(=O)(=O)c2ccccc2)c1. The first-order valence-electron chi connectivity index (χ1n) is 10.6. The minimum atomic E-state index is -3.88. The van der Waals surface area contributed by atoms with E-state index in [9.17, 15) is 8.42 Å². The molecule has 4 rings (SSSR count). The lowest BCUT2D eigenvalue weighted by molar-refractivity contribution is 0.340. The maximum atomic E-state index is 13.8. The van der Waals surface area contributed by atoms with Crippen LogP contribution in [0.15, 0.2) is 90.0 Å². The van der Waals surface area contributed by atoms with Crippen molar-refractivity contribution in [1.82, 2.24) is 8.96 Å². The molecule has 0 aliphatic rings. The minimum absolute atomic E-state index is 0.194. The van der Waals surface area contributed by atoms with Crippen LogP contribution >= 0.6 is 0 Å². The van der Waals surface area contributed by atoms with E-state index in [4.69, 9.17) is 4.74 Å². The molecule has 0 saturated heterocycles. The molecule has 0 N–H and O–H groups in total. The molecule has 2 aromatic carbocycles. The minimum Gasteiger partial charge on any atom is -0.494 e. The maximum absolute atomic E-state index is 13.8. The zero-order chi connectivity index (χ0) is 22.7. The summed E-state index contributed by atoms with van der Waals surface area (Å²) in [5.74, 6) is 0.936. The van der Waals surface area contributed by atoms with E-state index >= 15 is 0 Å². The Labute approximate surface area is 189 Å². The third-order valence-electron chi connectivity index (χ3n) is 5.03. The summed E-state index contributed by atoms with van der Waals surface area (Å²) in [5, 5.41) is 0.762. The lowest BCUT2D eigenvalue weighted by Gasteiger charge is -2.16. The van der Waals surface area contributed by atoms with Crippen LogP contribution in [-0.2, 0) is 10.0 Å². The summed E-state index contributed by atoms with van der Waals surface area (Å²) in [4.78, 5) is 4.65. The van der Waals surface area contributed by atoms with Gasteiger partial charge in [-0.05, 0) is 60.9 Å². The van der Waals surface area contributed by atoms with Crippen molar-refractivity contribution in [2.24, 2.45) is 5.92 Å². The molecule has 2 heterocycles. The molecule has 0 unspecified atom stereocenters. The lowest BCUT2D eigenvalue weighted by atomic mass is 9.98. The highest BCUT2D eigenvalue weighted by Crippen LogP contribution is 2.34. The lowest BCUT2D eigenvalue weighted by Crippen LogP contribution is -2.16. The highest BCUT2D eigenvalue weighted by molar-refractivity contribution is 7.90. The molecule has 2 aromatic heterocycles. The second-order valence-electron chi connectivity index (χ2n) is 7.81. The summed E-state index contributed by atoms with van der Waals surface area (Å²) in [5.41, 5.74) is 2.68. The van der Waals surface area contributed by atoms with Gasteiger partial charge in [0.2, 0.25) is 0 Å². The Hall–Kier alpha value is -3.38. The van der Waals surface area contributed by atoms with Crippen LogP contribution in [0.2, 0.25) is 0 Å². The molecule has 6 heteroatoms. The fraction of sp³-hybridized carbons (Fsp3) is 0.192. The van der Waals surface area contributed by atoms with E-state index in [0.717, 1.165) is 22.3 Å². The quantitative estimate of drug-likeness (QED) is 0.362. The molecule has 32 heavy (non-hydrogen) atoms. The molecule has 5 nitrogen and oxygen atoms in total. The predicted molar refractivity (Wildman–Crippen MR) is 128 cm³/mol. The van der Waals surface area contributed by atoms with Gasteiger partial charge in [0.1, 0.15) is 5.75 Å². The first-order chi connectivity index (χ1) is 15.4. The molecule has 164 valence electrons. The van der Waals surface area contributed by atoms with Crippen LogP contribution < -0.4 is 4.74 Å². The van der Waals surface area contributed by atoms with Crippen LogP contribution in [0.3, 0.4) is 0 Å². The van der Waals surface area contributed by atoms with Crippen LogP contribution in [0.1, 0.15) is 32.0 Å². The van der Waals surface area contributed by atoms with E-state index < -0.39 is 10.0 Å². The van der Waals surface area contributed by atoms with E-state index in [1.165, 1.54) is 3.97 Å². The number of ether oxygens (including phenoxy) is 1. The van der Waals surface area contributed by atoms with Gasteiger partial charge in [0.05, 0.1) is 17.2 Å². The molecular formula is C26H26N2O3S. The first-order valence-corrected chi connectivity index (χ1v) is 12.1. The maximum Gasteiger partial charge on any atom is 0.269 e. The van der Waals surface area contributed by atoms with E-state index in [1.54, 1.807) is 36.5 Å². The highest BCUT2D eigenvalue weighted by atomic mass is 32.2. The monoisotopic (exact) mass is 446 g/mol. The van der Waals surface area contributed by atoms with Crippen LogP contribution in [0.4, 0.5) is 0 Å². The second kappa shape index (κ2) is 9.01. The topological polar surface area (TPSA) is 61.2 Å². The van der Waals surface area contributed by atoms with E-state index in [2.05, 4.69) is 24.9 Å². The van der Waals surface area contributed by atoms with E-state index in [0.29, 0.717) is 17.9 Å². The van der Waals surface area contributed by atoms with Crippen molar-refractivity contribution in [3.63, 3.8) is 0 Å². The molecular weight excluding hydrogens is 420 g/mol. The molecule has 0 saturated carbocycles. The van der Waals surface area contributed by atoms with Gasteiger partial charge in [0.25, 0.3) is 10.0 Å². The Morgan fingerprint density at radius 1 is 1.03 bits per heavy atom. The fourth-order valence-corrected chi connectivity index (χ4v) is 5.23. The number of pyridine rings is 1. The molecule has 0 aliphatic carbocycles. The second-order valence-corrected chi connectivity index (χ2v) is 9.60. The molecule has 0 fully saturated rings. The summed E-state index contributed by atoms with van der Waals surface area (Å²) in [6.45, 7) is 6.64. The van der Waals surface area contributed by atoms with Crippen molar-refractivity contribution in [3.8, 4) is 5.75 Å². The van der Waals surface area contributed by atoms with Gasteiger partial charge >= 0.3 is 0 Å². The van der Waals surface area contributed by atoms with Crippen molar-refractivity contribution in [2.75, 3.05) is 6.61 Å². The van der Waals surface area contributed by atoms with Crippen LogP contribution in [0, 0.1) is 5.92 Å². The van der Waals surface area contributed by atoms with Crippen molar-refractivity contribution >= 4 is 26.6 Å². The van der Waals surface area contributed by atoms with Gasteiger partial charge in [-0.1, -0.05) is 50.3 Å². The van der Waals surface area contributed by atoms with Crippen molar-refractivity contribution < 1.29 is 13.2 Å². The number of fused-ring (bicyclic) bond motifs is 1. The predicted octanol–water partition coefficient (Wildman–Crippen LogP) is 5.76. The van der Waals surface area contributed by atoms with Gasteiger partial charge in [-0.3, -0.25) is 0 Å². The van der Waals surface area contributed by atoms with E-state index in [1.807, 2.05) is 49.4 Å². The standard InChI is InChI=1S/C26H26N2O3S/c1-4-31-22-12-8-10-20(17-22)24(16-19(2)3)25-18-21-11-9-15-27-26(21)28(25)32(29,30)23-13-6-5-7-14-23/h5-19H,4H2,1-3H3/b24-16+. The first kappa shape index (κ1) is 21.8. The molecule has 0 bridgehead atoms. The Balaban J connectivity index is 2.02. The van der Waals surface area contributed by atoms with Crippen molar-refractivity contribution in [3.05, 3.63) is 96.3 Å². The van der Waals surface area contributed by atoms with Gasteiger partial charge in [0, 0.05) is 17.2 Å². The average Bonchev–Trinajstić information content (AvgIpc) is 3.18. The summed E-state index contributed by atoms with van der Waals surface area (Å²) < 4.78 is 34.6. The molecule has 0 spiro atoms. The molecule has 0 aliphatic heterocycles. The van der Waals surface area contributed by atoms with Gasteiger partial charge in [-0.25, -0.2) is 17.4 Å². The summed E-state index contributed by atoms with van der Waals surface area (Å²) in [6, 6.07) is 21.8. The van der Waals surface area contributed by atoms with Crippen molar-refractivity contribution in [2.45, 2.75) is 25.7 Å². The number of rotatable bonds is 7. The van der Waals surface area contributed by atoms with Gasteiger partial charge in [-0.2, -0.15) is 0 Å². The Bertz CT molecular complexity index is 1370. The largest absolute Gasteiger partial charge is 0.494 e. The van der Waals surface area contributed by atoms with Gasteiger partial charge in [-0.15, -0.1) is 0 Å². The number of aromatic nitrogens is 2. The summed E-state index contributed by atoms with van der Waals surface area (Å²) in [6.07, 6.45) is 3.70.